The van der Waals surface area contributed by atoms with Crippen LogP contribution in [-0.4, -0.2) is 62.4 Å². The molecule has 9 nitrogen and oxygen atoms in total. The first-order chi connectivity index (χ1) is 17.8. The summed E-state index contributed by atoms with van der Waals surface area (Å²) < 4.78 is 7.72. The zero-order valence-corrected chi connectivity index (χ0v) is 21.3. The average molecular weight is 498 g/mol. The Kier molecular flexibility index (Phi) is 5.51. The molecule has 190 valence electrons. The van der Waals surface area contributed by atoms with Crippen LogP contribution in [-0.2, 0) is 4.74 Å². The van der Waals surface area contributed by atoms with Crippen molar-refractivity contribution < 1.29 is 9.53 Å². The fourth-order valence-corrected chi connectivity index (χ4v) is 5.37. The number of fused-ring (bicyclic) bond motifs is 2. The molecule has 0 bridgehead atoms. The number of pyridine rings is 2. The summed E-state index contributed by atoms with van der Waals surface area (Å²) in [6, 6.07) is 18.0. The summed E-state index contributed by atoms with van der Waals surface area (Å²) in [5, 5.41) is 2.29. The van der Waals surface area contributed by atoms with Crippen molar-refractivity contribution in [3.05, 3.63) is 60.8 Å². The van der Waals surface area contributed by atoms with Crippen LogP contribution >= 0.6 is 0 Å². The van der Waals surface area contributed by atoms with Crippen LogP contribution in [0.25, 0.3) is 33.8 Å². The van der Waals surface area contributed by atoms with Gasteiger partial charge in [-0.2, -0.15) is 0 Å². The maximum atomic E-state index is 12.7. The summed E-state index contributed by atoms with van der Waals surface area (Å²) in [7, 11) is 0. The quantitative estimate of drug-likeness (QED) is 0.453. The minimum atomic E-state index is -0.503. The Labute approximate surface area is 215 Å². The number of imidazole rings is 1. The molecular weight excluding hydrogens is 466 g/mol. The molecule has 6 rings (SSSR count). The van der Waals surface area contributed by atoms with Gasteiger partial charge in [0, 0.05) is 49.8 Å². The molecule has 1 unspecified atom stereocenters. The Bertz CT molecular complexity index is 1450. The number of hydrogen-bond donors (Lipinski definition) is 1. The van der Waals surface area contributed by atoms with Crippen molar-refractivity contribution in [3.63, 3.8) is 0 Å². The minimum Gasteiger partial charge on any atom is -0.444 e. The number of aromatic nitrogens is 4. The van der Waals surface area contributed by atoms with Crippen LogP contribution in [0.15, 0.2) is 60.8 Å². The van der Waals surface area contributed by atoms with Gasteiger partial charge in [-0.15, -0.1) is 0 Å². The molecule has 5 heterocycles. The van der Waals surface area contributed by atoms with E-state index in [4.69, 9.17) is 20.4 Å². The molecule has 1 aromatic carbocycles. The molecule has 9 heteroatoms. The van der Waals surface area contributed by atoms with E-state index in [1.165, 1.54) is 0 Å². The third kappa shape index (κ3) is 4.34. The van der Waals surface area contributed by atoms with Gasteiger partial charge in [-0.05, 0) is 45.0 Å². The van der Waals surface area contributed by atoms with Gasteiger partial charge in [-0.1, -0.05) is 30.3 Å². The molecule has 2 aliphatic rings. The Balaban J connectivity index is 1.37. The lowest BCUT2D eigenvalue weighted by Crippen LogP contribution is -2.40. The number of carbonyl (C=O) groups is 1. The van der Waals surface area contributed by atoms with Crippen molar-refractivity contribution in [2.75, 3.05) is 36.9 Å². The second-order valence-corrected chi connectivity index (χ2v) is 10.9. The summed E-state index contributed by atoms with van der Waals surface area (Å²) in [5.41, 5.74) is 10.1. The smallest absolute Gasteiger partial charge is 0.410 e. The third-order valence-corrected chi connectivity index (χ3v) is 7.03. The number of ether oxygens (including phenoxy) is 1. The predicted molar refractivity (Wildman–Crippen MR) is 143 cm³/mol. The summed E-state index contributed by atoms with van der Waals surface area (Å²) in [6.07, 6.45) is 1.45. The molecule has 2 saturated heterocycles. The van der Waals surface area contributed by atoms with Crippen LogP contribution in [0, 0.1) is 11.8 Å². The molecule has 0 radical (unpaired) electrons. The number of benzene rings is 1. The molecule has 4 aromatic rings. The standard InChI is InChI=1S/C28H31N7O2/c1-28(2,3)37-27(36)33-14-19-16-34(17-20(19)15-33)35-25(21-10-7-13-30-24(21)29)32-23-12-11-22(31-26(23)35)18-8-5-4-6-9-18/h4-13,19-20H,14-17H2,1-3H3,(H2,29,30)/t19-,20?/m1/s1. The minimum absolute atomic E-state index is 0.237. The molecular formula is C28H31N7O2. The van der Waals surface area contributed by atoms with Gasteiger partial charge >= 0.3 is 6.09 Å². The van der Waals surface area contributed by atoms with Crippen LogP contribution in [0.3, 0.4) is 0 Å². The molecule has 2 atom stereocenters. The predicted octanol–water partition coefficient (Wildman–Crippen LogP) is 4.18. The lowest BCUT2D eigenvalue weighted by molar-refractivity contribution is 0.0282. The first kappa shape index (κ1) is 23.3. The van der Waals surface area contributed by atoms with Gasteiger partial charge < -0.3 is 20.4 Å². The monoisotopic (exact) mass is 497 g/mol. The third-order valence-electron chi connectivity index (χ3n) is 7.03. The van der Waals surface area contributed by atoms with Crippen LogP contribution in [0.4, 0.5) is 10.6 Å². The van der Waals surface area contributed by atoms with Gasteiger partial charge in [-0.3, -0.25) is 0 Å². The number of rotatable bonds is 3. The van der Waals surface area contributed by atoms with Crippen molar-refractivity contribution in [1.29, 1.82) is 0 Å². The van der Waals surface area contributed by atoms with Crippen LogP contribution < -0.4 is 10.7 Å². The van der Waals surface area contributed by atoms with Crippen molar-refractivity contribution in [2.24, 2.45) is 11.8 Å². The second kappa shape index (κ2) is 8.76. The number of amides is 1. The fourth-order valence-electron chi connectivity index (χ4n) is 5.37. The Morgan fingerprint density at radius 1 is 0.946 bits per heavy atom. The van der Waals surface area contributed by atoms with Gasteiger partial charge in [-0.25, -0.2) is 24.4 Å². The molecule has 0 spiro atoms. The van der Waals surface area contributed by atoms with Gasteiger partial charge in [0.1, 0.15) is 16.9 Å². The number of nitrogens with two attached hydrogens (primary N) is 1. The highest BCUT2D eigenvalue weighted by molar-refractivity contribution is 5.83. The lowest BCUT2D eigenvalue weighted by Gasteiger charge is -2.27. The summed E-state index contributed by atoms with van der Waals surface area (Å²) in [5.74, 6) is 1.82. The molecule has 2 fully saturated rings. The van der Waals surface area contributed by atoms with Gasteiger partial charge in [0.2, 0.25) is 0 Å². The van der Waals surface area contributed by atoms with Crippen molar-refractivity contribution in [2.45, 2.75) is 26.4 Å². The summed E-state index contributed by atoms with van der Waals surface area (Å²) >= 11 is 0. The summed E-state index contributed by atoms with van der Waals surface area (Å²) in [6.45, 7) is 8.60. The van der Waals surface area contributed by atoms with Gasteiger partial charge in [0.05, 0.1) is 11.3 Å². The van der Waals surface area contributed by atoms with E-state index in [1.807, 2.05) is 68.1 Å². The van der Waals surface area contributed by atoms with E-state index >= 15 is 0 Å². The van der Waals surface area contributed by atoms with E-state index in [0.717, 1.165) is 46.9 Å². The molecule has 2 aliphatic heterocycles. The van der Waals surface area contributed by atoms with Crippen molar-refractivity contribution >= 4 is 23.1 Å². The Morgan fingerprint density at radius 3 is 2.35 bits per heavy atom. The normalized spacial score (nSPS) is 19.4. The van der Waals surface area contributed by atoms with Crippen molar-refractivity contribution in [3.8, 4) is 22.6 Å². The zero-order valence-electron chi connectivity index (χ0n) is 21.3. The van der Waals surface area contributed by atoms with E-state index < -0.39 is 5.60 Å². The first-order valence-corrected chi connectivity index (χ1v) is 12.7. The number of anilines is 1. The van der Waals surface area contributed by atoms with Gasteiger partial charge in [0.25, 0.3) is 0 Å². The molecule has 1 amide bonds. The van der Waals surface area contributed by atoms with Crippen LogP contribution in [0.2, 0.25) is 0 Å². The topological polar surface area (TPSA) is 102 Å². The van der Waals surface area contributed by atoms with E-state index in [2.05, 4.69) is 26.8 Å². The van der Waals surface area contributed by atoms with Gasteiger partial charge in [0.15, 0.2) is 11.5 Å². The Hall–Kier alpha value is -4.14. The van der Waals surface area contributed by atoms with E-state index in [-0.39, 0.29) is 6.09 Å². The highest BCUT2D eigenvalue weighted by atomic mass is 16.6. The average Bonchev–Trinajstić information content (AvgIpc) is 3.54. The first-order valence-electron chi connectivity index (χ1n) is 12.7. The van der Waals surface area contributed by atoms with E-state index in [0.29, 0.717) is 30.7 Å². The number of nitrogens with zero attached hydrogens (tertiary/aromatic N) is 6. The maximum absolute atomic E-state index is 12.7. The highest BCUT2D eigenvalue weighted by Gasteiger charge is 2.44. The number of hydrogen-bond acceptors (Lipinski definition) is 7. The van der Waals surface area contributed by atoms with E-state index in [9.17, 15) is 4.79 Å². The van der Waals surface area contributed by atoms with Crippen LogP contribution in [0.1, 0.15) is 20.8 Å². The fraction of sp³-hybridized carbons (Fsp3) is 0.357. The highest BCUT2D eigenvalue weighted by Crippen LogP contribution is 2.35. The SMILES string of the molecule is CC(C)(C)OC(=O)N1CC2CN(n3c(-c4cccnc4N)nc4ccc(-c5ccccc5)nc43)C[C@H]2C1. The number of carbonyl (C=O) groups excluding carboxylic acids is 1. The number of likely N-dealkylation sites (tertiary alicyclic amines) is 1. The molecule has 2 N–H and O–H groups in total. The number of nitrogen functional groups attached to an aromatic ring is 1. The molecule has 0 aliphatic carbocycles. The molecule has 37 heavy (non-hydrogen) atoms. The largest absolute Gasteiger partial charge is 0.444 e. The zero-order chi connectivity index (χ0) is 25.7. The second-order valence-electron chi connectivity index (χ2n) is 10.9. The summed E-state index contributed by atoms with van der Waals surface area (Å²) in [4.78, 5) is 28.8. The van der Waals surface area contributed by atoms with E-state index in [1.54, 1.807) is 6.20 Å². The van der Waals surface area contributed by atoms with Crippen molar-refractivity contribution in [1.82, 2.24) is 24.5 Å². The Morgan fingerprint density at radius 2 is 1.68 bits per heavy atom. The van der Waals surface area contributed by atoms with Crippen LogP contribution in [0.5, 0.6) is 0 Å². The maximum Gasteiger partial charge on any atom is 0.410 e. The molecule has 3 aromatic heterocycles. The lowest BCUT2D eigenvalue weighted by atomic mass is 10.0. The molecule has 0 saturated carbocycles.